The Morgan fingerprint density at radius 3 is 2.34 bits per heavy atom. The highest BCUT2D eigenvalue weighted by Crippen LogP contribution is 2.35. The van der Waals surface area contributed by atoms with Gasteiger partial charge in [-0.2, -0.15) is 0 Å². The molecule has 10 heteroatoms. The van der Waals surface area contributed by atoms with Gasteiger partial charge in [0.2, 0.25) is 6.29 Å². The summed E-state index contributed by atoms with van der Waals surface area (Å²) in [6.07, 6.45) is -7.11. The molecule has 0 radical (unpaired) electrons. The summed E-state index contributed by atoms with van der Waals surface area (Å²) < 4.78 is 27.5. The van der Waals surface area contributed by atoms with Crippen molar-refractivity contribution in [3.63, 3.8) is 0 Å². The normalized spacial score (nSPS) is 26.1. The fourth-order valence-electron chi connectivity index (χ4n) is 3.89. The van der Waals surface area contributed by atoms with Crippen molar-refractivity contribution in [3.05, 3.63) is 46.8 Å². The van der Waals surface area contributed by atoms with Gasteiger partial charge in [-0.3, -0.25) is 0 Å². The number of furan rings is 1. The van der Waals surface area contributed by atoms with Crippen LogP contribution in [0.2, 0.25) is 0 Å². The Labute approximate surface area is 179 Å². The second-order valence-corrected chi connectivity index (χ2v) is 7.53. The molecular weight excluding hydrogens is 424 g/mol. The molecule has 2 aromatic carbocycles. The molecule has 3 heterocycles. The summed E-state index contributed by atoms with van der Waals surface area (Å²) in [6, 6.07) is 9.72. The third kappa shape index (κ3) is 3.20. The van der Waals surface area contributed by atoms with Crippen LogP contribution in [0.3, 0.4) is 0 Å². The third-order valence-electron chi connectivity index (χ3n) is 5.60. The van der Waals surface area contributed by atoms with E-state index < -0.39 is 42.9 Å². The summed E-state index contributed by atoms with van der Waals surface area (Å²) >= 11 is 0. The molecule has 1 aliphatic rings. The average molecular weight is 444 g/mol. The molecule has 168 valence electrons. The molecule has 1 fully saturated rings. The Morgan fingerprint density at radius 1 is 0.906 bits per heavy atom. The second-order valence-electron chi connectivity index (χ2n) is 7.53. The molecule has 4 aromatic rings. The number of ether oxygens (including phenoxy) is 3. The average Bonchev–Trinajstić information content (AvgIpc) is 3.18. The van der Waals surface area contributed by atoms with Crippen molar-refractivity contribution < 1.29 is 43.5 Å². The van der Waals surface area contributed by atoms with Crippen LogP contribution in [0.4, 0.5) is 0 Å². The van der Waals surface area contributed by atoms with E-state index in [4.69, 9.17) is 23.0 Å². The van der Waals surface area contributed by atoms with Gasteiger partial charge in [-0.05, 0) is 24.3 Å². The number of rotatable bonds is 4. The summed E-state index contributed by atoms with van der Waals surface area (Å²) in [5, 5.41) is 40.7. The number of fused-ring (bicyclic) bond motifs is 5. The van der Waals surface area contributed by atoms with Gasteiger partial charge in [-0.1, -0.05) is 0 Å². The third-order valence-corrected chi connectivity index (χ3v) is 5.60. The van der Waals surface area contributed by atoms with Gasteiger partial charge < -0.3 is 43.5 Å². The van der Waals surface area contributed by atoms with E-state index >= 15 is 0 Å². The first kappa shape index (κ1) is 20.7. The molecule has 2 aromatic heterocycles. The standard InChI is InChI=1S/C22H20O10/c1-28-9-2-4-11-13(6-9)30-20-12-5-3-10(7-14(12)31-21(27)16(11)20)29-22-19(26)18(25)17(24)15(8-23)32-22/h2-7,15,17-19,22-26H,8H2,1H3/t15-,17-,18+,19-,22-/m1/s1. The Hall–Kier alpha value is -3.15. The lowest BCUT2D eigenvalue weighted by molar-refractivity contribution is -0.277. The van der Waals surface area contributed by atoms with E-state index in [9.17, 15) is 25.2 Å². The van der Waals surface area contributed by atoms with Crippen LogP contribution >= 0.6 is 0 Å². The number of aliphatic hydroxyl groups excluding tert-OH is 4. The number of hydrogen-bond acceptors (Lipinski definition) is 10. The number of aliphatic hydroxyl groups is 4. The van der Waals surface area contributed by atoms with E-state index in [1.54, 1.807) is 30.3 Å². The number of methoxy groups -OCH3 is 1. The molecule has 32 heavy (non-hydrogen) atoms. The summed E-state index contributed by atoms with van der Waals surface area (Å²) in [4.78, 5) is 12.7. The minimum atomic E-state index is -1.57. The van der Waals surface area contributed by atoms with Gasteiger partial charge in [-0.25, -0.2) is 4.79 Å². The van der Waals surface area contributed by atoms with E-state index in [2.05, 4.69) is 0 Å². The summed E-state index contributed by atoms with van der Waals surface area (Å²) in [5.74, 6) is 0.752. The van der Waals surface area contributed by atoms with Crippen molar-refractivity contribution >= 4 is 32.9 Å². The summed E-state index contributed by atoms with van der Waals surface area (Å²) in [7, 11) is 1.53. The first-order valence-electron chi connectivity index (χ1n) is 9.85. The predicted molar refractivity (Wildman–Crippen MR) is 111 cm³/mol. The highest BCUT2D eigenvalue weighted by Gasteiger charge is 2.44. The zero-order chi connectivity index (χ0) is 22.6. The topological polar surface area (TPSA) is 152 Å². The minimum Gasteiger partial charge on any atom is -0.497 e. The molecule has 10 nitrogen and oxygen atoms in total. The maximum absolute atomic E-state index is 12.7. The van der Waals surface area contributed by atoms with Crippen LogP contribution in [0.25, 0.3) is 32.9 Å². The highest BCUT2D eigenvalue weighted by atomic mass is 16.7. The molecule has 5 rings (SSSR count). The Balaban J connectivity index is 1.55. The summed E-state index contributed by atoms with van der Waals surface area (Å²) in [6.45, 7) is -0.577. The fraction of sp³-hybridized carbons (Fsp3) is 0.318. The zero-order valence-corrected chi connectivity index (χ0v) is 16.8. The van der Waals surface area contributed by atoms with Crippen molar-refractivity contribution in [2.75, 3.05) is 13.7 Å². The van der Waals surface area contributed by atoms with Crippen LogP contribution in [0.15, 0.2) is 50.0 Å². The van der Waals surface area contributed by atoms with Gasteiger partial charge in [0.05, 0.1) is 19.1 Å². The monoisotopic (exact) mass is 444 g/mol. The van der Waals surface area contributed by atoms with Crippen LogP contribution in [-0.2, 0) is 4.74 Å². The first-order valence-corrected chi connectivity index (χ1v) is 9.85. The molecular formula is C22H20O10. The van der Waals surface area contributed by atoms with E-state index in [1.807, 2.05) is 0 Å². The van der Waals surface area contributed by atoms with Gasteiger partial charge in [0.15, 0.2) is 5.58 Å². The number of hydrogen-bond donors (Lipinski definition) is 4. The molecule has 0 aliphatic carbocycles. The van der Waals surface area contributed by atoms with E-state index in [0.29, 0.717) is 33.1 Å². The van der Waals surface area contributed by atoms with Gasteiger partial charge in [0.25, 0.3) is 0 Å². The molecule has 5 atom stereocenters. The number of benzene rings is 2. The lowest BCUT2D eigenvalue weighted by Gasteiger charge is -2.39. The SMILES string of the molecule is COc1ccc2c(c1)oc1c3ccc(O[C@@H]4O[C@H](CO)[C@@H](O)[C@H](O)[C@H]4O)cc3oc(=O)c21. The van der Waals surface area contributed by atoms with Gasteiger partial charge in [-0.15, -0.1) is 0 Å². The molecule has 0 unspecified atom stereocenters. The lowest BCUT2D eigenvalue weighted by Crippen LogP contribution is -2.60. The Bertz CT molecular complexity index is 1350. The zero-order valence-electron chi connectivity index (χ0n) is 16.8. The molecule has 0 amide bonds. The van der Waals surface area contributed by atoms with Crippen molar-refractivity contribution in [1.82, 2.24) is 0 Å². The molecule has 1 aliphatic heterocycles. The second kappa shape index (κ2) is 7.76. The first-order chi connectivity index (χ1) is 15.4. The van der Waals surface area contributed by atoms with E-state index in [0.717, 1.165) is 0 Å². The molecule has 0 saturated carbocycles. The van der Waals surface area contributed by atoms with Crippen molar-refractivity contribution in [2.24, 2.45) is 0 Å². The fourth-order valence-corrected chi connectivity index (χ4v) is 3.89. The van der Waals surface area contributed by atoms with Crippen LogP contribution in [0, 0.1) is 0 Å². The van der Waals surface area contributed by atoms with E-state index in [-0.39, 0.29) is 11.3 Å². The van der Waals surface area contributed by atoms with E-state index in [1.165, 1.54) is 13.2 Å². The minimum absolute atomic E-state index is 0.169. The predicted octanol–water partition coefficient (Wildman–Crippen LogP) is 0.880. The van der Waals surface area contributed by atoms with Crippen LogP contribution in [0.5, 0.6) is 11.5 Å². The molecule has 4 N–H and O–H groups in total. The largest absolute Gasteiger partial charge is 0.497 e. The van der Waals surface area contributed by atoms with Crippen LogP contribution < -0.4 is 15.1 Å². The maximum atomic E-state index is 12.7. The molecule has 0 spiro atoms. The maximum Gasteiger partial charge on any atom is 0.348 e. The van der Waals surface area contributed by atoms with Crippen molar-refractivity contribution in [1.29, 1.82) is 0 Å². The van der Waals surface area contributed by atoms with Crippen molar-refractivity contribution in [3.8, 4) is 11.5 Å². The van der Waals surface area contributed by atoms with Gasteiger partial charge in [0, 0.05) is 17.5 Å². The smallest absolute Gasteiger partial charge is 0.348 e. The Kier molecular flexibility index (Phi) is 5.03. The van der Waals surface area contributed by atoms with Crippen molar-refractivity contribution in [2.45, 2.75) is 30.7 Å². The Morgan fingerprint density at radius 2 is 1.59 bits per heavy atom. The van der Waals surface area contributed by atoms with Crippen LogP contribution in [-0.4, -0.2) is 64.8 Å². The summed E-state index contributed by atoms with van der Waals surface area (Å²) in [5.41, 5.74) is 0.400. The van der Waals surface area contributed by atoms with Crippen LogP contribution in [0.1, 0.15) is 0 Å². The van der Waals surface area contributed by atoms with Gasteiger partial charge >= 0.3 is 5.63 Å². The quantitative estimate of drug-likeness (QED) is 0.334. The molecule has 1 saturated heterocycles. The van der Waals surface area contributed by atoms with Gasteiger partial charge in [0.1, 0.15) is 52.5 Å². The molecule has 0 bridgehead atoms. The highest BCUT2D eigenvalue weighted by molar-refractivity contribution is 6.13. The lowest BCUT2D eigenvalue weighted by atomic mass is 9.99.